The fourth-order valence-corrected chi connectivity index (χ4v) is 3.52. The van der Waals surface area contributed by atoms with E-state index >= 15 is 0 Å². The Balaban J connectivity index is 1.89. The van der Waals surface area contributed by atoms with Crippen LogP contribution in [-0.4, -0.2) is 29.7 Å². The zero-order chi connectivity index (χ0) is 13.2. The van der Waals surface area contributed by atoms with Crippen LogP contribution in [0.3, 0.4) is 0 Å². The van der Waals surface area contributed by atoms with Crippen LogP contribution in [0.25, 0.3) is 0 Å². The molecule has 0 unspecified atom stereocenters. The first-order chi connectivity index (χ1) is 8.49. The summed E-state index contributed by atoms with van der Waals surface area (Å²) in [7, 11) is 0. The molecule has 0 saturated carbocycles. The summed E-state index contributed by atoms with van der Waals surface area (Å²) >= 11 is 1.95. The fourth-order valence-electron chi connectivity index (χ4n) is 2.41. The lowest BCUT2D eigenvalue weighted by molar-refractivity contribution is 0.128. The monoisotopic (exact) mass is 267 g/mol. The Labute approximate surface area is 115 Å². The minimum absolute atomic E-state index is 0.271. The minimum atomic E-state index is 0.271. The van der Waals surface area contributed by atoms with Gasteiger partial charge in [-0.2, -0.15) is 0 Å². The molecule has 0 amide bonds. The summed E-state index contributed by atoms with van der Waals surface area (Å²) in [5, 5.41) is 9.14. The van der Waals surface area contributed by atoms with Crippen molar-refractivity contribution in [1.82, 2.24) is 4.90 Å². The second-order valence-electron chi connectivity index (χ2n) is 6.42. The number of hydrogen-bond acceptors (Lipinski definition) is 3. The molecule has 0 aromatic carbocycles. The summed E-state index contributed by atoms with van der Waals surface area (Å²) in [4.78, 5) is 5.47. The Bertz CT molecular complexity index is 372. The molecule has 1 aliphatic rings. The number of aliphatic hydroxyl groups excluding tert-OH is 1. The summed E-state index contributed by atoms with van der Waals surface area (Å²) in [6, 6.07) is 4.56. The summed E-state index contributed by atoms with van der Waals surface area (Å²) in [5.74, 6) is 0.537. The Kier molecular flexibility index (Phi) is 4.46. The van der Waals surface area contributed by atoms with Gasteiger partial charge in [-0.25, -0.2) is 0 Å². The SMILES string of the molecule is CC(C)(C)c1ccc(CN2CCC(CO)CC2)s1. The van der Waals surface area contributed by atoms with Crippen LogP contribution < -0.4 is 0 Å². The summed E-state index contributed by atoms with van der Waals surface area (Å²) in [6.07, 6.45) is 2.29. The highest BCUT2D eigenvalue weighted by Gasteiger charge is 2.20. The van der Waals surface area contributed by atoms with E-state index in [1.165, 1.54) is 9.75 Å². The first-order valence-electron chi connectivity index (χ1n) is 6.91. The first-order valence-corrected chi connectivity index (χ1v) is 7.73. The summed E-state index contributed by atoms with van der Waals surface area (Å²) in [5.41, 5.74) is 0.271. The van der Waals surface area contributed by atoms with Gasteiger partial charge in [0.1, 0.15) is 0 Å². The average molecular weight is 267 g/mol. The van der Waals surface area contributed by atoms with E-state index in [4.69, 9.17) is 5.11 Å². The van der Waals surface area contributed by atoms with Crippen LogP contribution in [0.5, 0.6) is 0 Å². The summed E-state index contributed by atoms with van der Waals surface area (Å²) < 4.78 is 0. The molecule has 2 rings (SSSR count). The lowest BCUT2D eigenvalue weighted by atomic mass is 9.95. The highest BCUT2D eigenvalue weighted by molar-refractivity contribution is 7.12. The van der Waals surface area contributed by atoms with Gasteiger partial charge in [-0.3, -0.25) is 4.90 Å². The van der Waals surface area contributed by atoms with Crippen molar-refractivity contribution in [2.45, 2.75) is 45.6 Å². The van der Waals surface area contributed by atoms with Crippen molar-refractivity contribution < 1.29 is 5.11 Å². The molecule has 0 aliphatic carbocycles. The van der Waals surface area contributed by atoms with Crippen molar-refractivity contribution in [1.29, 1.82) is 0 Å². The maximum atomic E-state index is 9.14. The molecule has 2 nitrogen and oxygen atoms in total. The predicted molar refractivity (Wildman–Crippen MR) is 78.1 cm³/mol. The zero-order valence-electron chi connectivity index (χ0n) is 11.8. The van der Waals surface area contributed by atoms with Gasteiger partial charge in [0.25, 0.3) is 0 Å². The summed E-state index contributed by atoms with van der Waals surface area (Å²) in [6.45, 7) is 10.5. The molecule has 1 saturated heterocycles. The predicted octanol–water partition coefficient (Wildman–Crippen LogP) is 3.25. The van der Waals surface area contributed by atoms with E-state index in [1.54, 1.807) is 0 Å². The van der Waals surface area contributed by atoms with Crippen molar-refractivity contribution in [2.24, 2.45) is 5.92 Å². The molecular formula is C15H25NOS. The highest BCUT2D eigenvalue weighted by Crippen LogP contribution is 2.30. The van der Waals surface area contributed by atoms with Gasteiger partial charge in [0.2, 0.25) is 0 Å². The quantitative estimate of drug-likeness (QED) is 0.908. The second kappa shape index (κ2) is 5.72. The molecule has 0 radical (unpaired) electrons. The van der Waals surface area contributed by atoms with Crippen LogP contribution in [-0.2, 0) is 12.0 Å². The average Bonchev–Trinajstić information content (AvgIpc) is 2.78. The van der Waals surface area contributed by atoms with E-state index in [1.807, 2.05) is 11.3 Å². The molecule has 1 fully saturated rings. The number of piperidine rings is 1. The third-order valence-corrected chi connectivity index (χ3v) is 5.24. The minimum Gasteiger partial charge on any atom is -0.396 e. The van der Waals surface area contributed by atoms with Crippen molar-refractivity contribution in [3.8, 4) is 0 Å². The maximum Gasteiger partial charge on any atom is 0.0460 e. The van der Waals surface area contributed by atoms with Crippen molar-refractivity contribution in [2.75, 3.05) is 19.7 Å². The Hall–Kier alpha value is -0.380. The van der Waals surface area contributed by atoms with Crippen LogP contribution in [0.2, 0.25) is 0 Å². The molecule has 102 valence electrons. The molecule has 0 bridgehead atoms. The topological polar surface area (TPSA) is 23.5 Å². The van der Waals surface area contributed by atoms with E-state index in [-0.39, 0.29) is 5.41 Å². The molecule has 1 aliphatic heterocycles. The van der Waals surface area contributed by atoms with E-state index < -0.39 is 0 Å². The van der Waals surface area contributed by atoms with Gasteiger partial charge in [0.15, 0.2) is 0 Å². The number of aliphatic hydroxyl groups is 1. The molecule has 0 atom stereocenters. The largest absolute Gasteiger partial charge is 0.396 e. The molecule has 1 N–H and O–H groups in total. The number of nitrogens with zero attached hydrogens (tertiary/aromatic N) is 1. The van der Waals surface area contributed by atoms with Crippen molar-refractivity contribution in [3.05, 3.63) is 21.9 Å². The third-order valence-electron chi connectivity index (χ3n) is 3.75. The van der Waals surface area contributed by atoms with Crippen LogP contribution in [0.4, 0.5) is 0 Å². The van der Waals surface area contributed by atoms with Gasteiger partial charge in [0.05, 0.1) is 0 Å². The number of rotatable bonds is 3. The van der Waals surface area contributed by atoms with E-state index in [0.29, 0.717) is 12.5 Å². The molecule has 2 heterocycles. The van der Waals surface area contributed by atoms with Crippen LogP contribution in [0, 0.1) is 5.92 Å². The highest BCUT2D eigenvalue weighted by atomic mass is 32.1. The molecule has 1 aromatic heterocycles. The fraction of sp³-hybridized carbons (Fsp3) is 0.733. The zero-order valence-corrected chi connectivity index (χ0v) is 12.6. The van der Waals surface area contributed by atoms with Gasteiger partial charge in [0, 0.05) is 22.9 Å². The lowest BCUT2D eigenvalue weighted by Gasteiger charge is -2.30. The van der Waals surface area contributed by atoms with Crippen LogP contribution >= 0.6 is 11.3 Å². The van der Waals surface area contributed by atoms with Crippen LogP contribution in [0.15, 0.2) is 12.1 Å². The van der Waals surface area contributed by atoms with Gasteiger partial charge in [-0.15, -0.1) is 11.3 Å². The molecule has 0 spiro atoms. The van der Waals surface area contributed by atoms with Crippen molar-refractivity contribution >= 4 is 11.3 Å². The Morgan fingerprint density at radius 2 is 1.94 bits per heavy atom. The van der Waals surface area contributed by atoms with Gasteiger partial charge in [-0.05, 0) is 49.4 Å². The molecule has 1 aromatic rings. The van der Waals surface area contributed by atoms with Crippen molar-refractivity contribution in [3.63, 3.8) is 0 Å². The smallest absolute Gasteiger partial charge is 0.0460 e. The first kappa shape index (κ1) is 14.0. The van der Waals surface area contributed by atoms with Crippen LogP contribution in [0.1, 0.15) is 43.4 Å². The van der Waals surface area contributed by atoms with Gasteiger partial charge >= 0.3 is 0 Å². The number of likely N-dealkylation sites (tertiary alicyclic amines) is 1. The standard InChI is InChI=1S/C15H25NOS/c1-15(2,3)14-5-4-13(18-14)10-16-8-6-12(11-17)7-9-16/h4-5,12,17H,6-11H2,1-3H3. The molecule has 18 heavy (non-hydrogen) atoms. The van der Waals surface area contributed by atoms with Gasteiger partial charge in [-0.1, -0.05) is 20.8 Å². The molecular weight excluding hydrogens is 242 g/mol. The Morgan fingerprint density at radius 1 is 1.28 bits per heavy atom. The van der Waals surface area contributed by atoms with E-state index in [2.05, 4.69) is 37.8 Å². The Morgan fingerprint density at radius 3 is 2.44 bits per heavy atom. The van der Waals surface area contributed by atoms with E-state index in [9.17, 15) is 0 Å². The second-order valence-corrected chi connectivity index (χ2v) is 7.59. The lowest BCUT2D eigenvalue weighted by Crippen LogP contribution is -2.34. The van der Waals surface area contributed by atoms with E-state index in [0.717, 1.165) is 32.5 Å². The maximum absolute atomic E-state index is 9.14. The van der Waals surface area contributed by atoms with Gasteiger partial charge < -0.3 is 5.11 Å². The third kappa shape index (κ3) is 3.56. The number of hydrogen-bond donors (Lipinski definition) is 1. The normalized spacial score (nSPS) is 19.3. The number of thiophene rings is 1. The molecule has 3 heteroatoms.